The summed E-state index contributed by atoms with van der Waals surface area (Å²) >= 11 is 5.63. The summed E-state index contributed by atoms with van der Waals surface area (Å²) in [5.41, 5.74) is 2.76. The molecule has 146 valence electrons. The van der Waals surface area contributed by atoms with E-state index in [2.05, 4.69) is 22.1 Å². The largest absolute Gasteiger partial charge is 0.355 e. The Hall–Kier alpha value is -2.84. The Morgan fingerprint density at radius 3 is 2.46 bits per heavy atom. The van der Waals surface area contributed by atoms with E-state index in [0.29, 0.717) is 17.0 Å². The second-order valence-corrected chi connectivity index (χ2v) is 6.88. The number of hydrogen-bond acceptors (Lipinski definition) is 5. The van der Waals surface area contributed by atoms with E-state index in [-0.39, 0.29) is 5.91 Å². The van der Waals surface area contributed by atoms with Gasteiger partial charge in [0.1, 0.15) is 0 Å². The minimum Gasteiger partial charge on any atom is -0.355 e. The fourth-order valence-corrected chi connectivity index (χ4v) is 3.34. The highest BCUT2D eigenvalue weighted by Gasteiger charge is 2.13. The summed E-state index contributed by atoms with van der Waals surface area (Å²) in [5.74, 6) is 0.762. The predicted octanol–water partition coefficient (Wildman–Crippen LogP) is 2.95. The zero-order valence-corrected chi connectivity index (χ0v) is 17.1. The average Bonchev–Trinajstić information content (AvgIpc) is 3.03. The number of carbonyl (C=O) groups excluding carboxylic acids is 1. The normalized spacial score (nSPS) is 11.0. The van der Waals surface area contributed by atoms with Crippen LogP contribution in [0.15, 0.2) is 48.8 Å². The molecule has 0 unspecified atom stereocenters. The molecule has 0 radical (unpaired) electrons. The van der Waals surface area contributed by atoms with Gasteiger partial charge in [-0.1, -0.05) is 12.1 Å². The van der Waals surface area contributed by atoms with Gasteiger partial charge in [-0.25, -0.2) is 4.68 Å². The maximum atomic E-state index is 11.7. The van der Waals surface area contributed by atoms with Gasteiger partial charge in [-0.15, -0.1) is 0 Å². The number of hydrogen-bond donors (Lipinski definition) is 1. The molecule has 3 aromatic rings. The summed E-state index contributed by atoms with van der Waals surface area (Å²) < 4.78 is 4.56. The van der Waals surface area contributed by atoms with Gasteiger partial charge in [-0.3, -0.25) is 14.7 Å². The fourth-order valence-electron chi connectivity index (χ4n) is 3.03. The molecule has 7 nitrogen and oxygen atoms in total. The molecule has 28 heavy (non-hydrogen) atoms. The van der Waals surface area contributed by atoms with Crippen molar-refractivity contribution in [3.8, 4) is 11.4 Å². The van der Waals surface area contributed by atoms with Crippen LogP contribution in [0.4, 0.5) is 0 Å². The van der Waals surface area contributed by atoms with Gasteiger partial charge in [0.25, 0.3) is 5.91 Å². The molecule has 3 rings (SSSR count). The Morgan fingerprint density at radius 2 is 1.86 bits per heavy atom. The van der Waals surface area contributed by atoms with Gasteiger partial charge < -0.3 is 9.88 Å². The predicted molar refractivity (Wildman–Crippen MR) is 111 cm³/mol. The van der Waals surface area contributed by atoms with Crippen molar-refractivity contribution >= 4 is 18.1 Å². The lowest BCUT2D eigenvalue weighted by molar-refractivity contribution is 0.0963. The lowest BCUT2D eigenvalue weighted by atomic mass is 10.1. The zero-order valence-electron chi connectivity index (χ0n) is 16.3. The van der Waals surface area contributed by atoms with E-state index in [4.69, 9.17) is 17.3 Å². The van der Waals surface area contributed by atoms with E-state index in [1.165, 1.54) is 0 Å². The van der Waals surface area contributed by atoms with Crippen molar-refractivity contribution in [3.63, 3.8) is 0 Å². The molecule has 1 aromatic carbocycles. The molecule has 2 aromatic heterocycles. The number of pyridine rings is 1. The first-order valence-electron chi connectivity index (χ1n) is 9.11. The molecule has 0 bridgehead atoms. The van der Waals surface area contributed by atoms with E-state index in [9.17, 15) is 4.79 Å². The molecule has 0 saturated heterocycles. The van der Waals surface area contributed by atoms with Gasteiger partial charge in [0.05, 0.1) is 6.67 Å². The minimum atomic E-state index is -0.0834. The van der Waals surface area contributed by atoms with Gasteiger partial charge in [0.2, 0.25) is 0 Å². The third-order valence-corrected chi connectivity index (χ3v) is 4.88. The highest BCUT2D eigenvalue weighted by molar-refractivity contribution is 7.71. The molecular weight excluding hydrogens is 372 g/mol. The maximum absolute atomic E-state index is 11.7. The van der Waals surface area contributed by atoms with Crippen molar-refractivity contribution in [3.05, 3.63) is 64.7 Å². The lowest BCUT2D eigenvalue weighted by Gasteiger charge is -2.16. The van der Waals surface area contributed by atoms with Crippen LogP contribution in [0.25, 0.3) is 11.4 Å². The van der Waals surface area contributed by atoms with Gasteiger partial charge in [0, 0.05) is 43.7 Å². The molecule has 0 atom stereocenters. The van der Waals surface area contributed by atoms with Gasteiger partial charge in [-0.2, -0.15) is 5.10 Å². The highest BCUT2D eigenvalue weighted by atomic mass is 32.1. The standard InChI is InChI=1S/C20H24N6OS/c1-4-25-18(16-9-11-22-12-10-16)23-26(20(25)28)14-24(3)13-15-5-7-17(8-6-15)19(27)21-2/h5-12H,4,13-14H2,1-3H3,(H,21,27). The second-order valence-electron chi connectivity index (χ2n) is 6.52. The molecule has 8 heteroatoms. The number of rotatable bonds is 7. The van der Waals surface area contributed by atoms with Crippen molar-refractivity contribution < 1.29 is 4.79 Å². The zero-order chi connectivity index (χ0) is 20.1. The van der Waals surface area contributed by atoms with Gasteiger partial charge >= 0.3 is 0 Å². The van der Waals surface area contributed by atoms with Crippen molar-refractivity contribution in [1.29, 1.82) is 0 Å². The Morgan fingerprint density at radius 1 is 1.18 bits per heavy atom. The van der Waals surface area contributed by atoms with Crippen LogP contribution in [0.1, 0.15) is 22.8 Å². The number of aromatic nitrogens is 4. The average molecular weight is 397 g/mol. The van der Waals surface area contributed by atoms with Crippen LogP contribution in [-0.2, 0) is 19.8 Å². The van der Waals surface area contributed by atoms with Crippen LogP contribution in [-0.4, -0.2) is 44.2 Å². The van der Waals surface area contributed by atoms with E-state index >= 15 is 0 Å². The number of nitrogens with zero attached hydrogens (tertiary/aromatic N) is 5. The molecule has 1 N–H and O–H groups in total. The molecule has 1 amide bonds. The molecular formula is C20H24N6OS. The van der Waals surface area contributed by atoms with Gasteiger partial charge in [-0.05, 0) is 56.0 Å². The summed E-state index contributed by atoms with van der Waals surface area (Å²) in [4.78, 5) is 17.9. The van der Waals surface area contributed by atoms with Crippen LogP contribution < -0.4 is 5.32 Å². The Balaban J connectivity index is 1.75. The molecule has 0 aliphatic heterocycles. The van der Waals surface area contributed by atoms with Gasteiger partial charge in [0.15, 0.2) is 10.6 Å². The number of amides is 1. The molecule has 0 fully saturated rings. The first-order chi connectivity index (χ1) is 13.5. The molecule has 0 spiro atoms. The summed E-state index contributed by atoms with van der Waals surface area (Å²) in [7, 11) is 3.65. The van der Waals surface area contributed by atoms with E-state index in [1.807, 2.05) is 52.7 Å². The smallest absolute Gasteiger partial charge is 0.251 e. The SMILES string of the molecule is CCn1c(-c2ccncc2)nn(CN(C)Cc2ccc(C(=O)NC)cc2)c1=S. The topological polar surface area (TPSA) is 68.0 Å². The van der Waals surface area contributed by atoms with Crippen molar-refractivity contribution in [2.45, 2.75) is 26.7 Å². The summed E-state index contributed by atoms with van der Waals surface area (Å²) in [6, 6.07) is 11.5. The first-order valence-corrected chi connectivity index (χ1v) is 9.52. The van der Waals surface area contributed by atoms with E-state index < -0.39 is 0 Å². The summed E-state index contributed by atoms with van der Waals surface area (Å²) in [6.45, 7) is 4.10. The number of benzene rings is 1. The molecule has 0 saturated carbocycles. The van der Waals surface area contributed by atoms with Crippen molar-refractivity contribution in [1.82, 2.24) is 29.5 Å². The quantitative estimate of drug-likeness (QED) is 0.622. The van der Waals surface area contributed by atoms with Crippen LogP contribution in [0.3, 0.4) is 0 Å². The van der Waals surface area contributed by atoms with Crippen LogP contribution in [0, 0.1) is 4.77 Å². The number of nitrogens with one attached hydrogen (secondary N) is 1. The summed E-state index contributed by atoms with van der Waals surface area (Å²) in [5, 5.41) is 7.36. The molecule has 2 heterocycles. The van der Waals surface area contributed by atoms with Crippen LogP contribution >= 0.6 is 12.2 Å². The molecule has 0 aliphatic rings. The third-order valence-electron chi connectivity index (χ3n) is 4.45. The first kappa shape index (κ1) is 19.9. The maximum Gasteiger partial charge on any atom is 0.251 e. The van der Waals surface area contributed by atoms with Crippen LogP contribution in [0.5, 0.6) is 0 Å². The van der Waals surface area contributed by atoms with E-state index in [1.54, 1.807) is 19.4 Å². The van der Waals surface area contributed by atoms with Crippen molar-refractivity contribution in [2.75, 3.05) is 14.1 Å². The van der Waals surface area contributed by atoms with Crippen molar-refractivity contribution in [2.24, 2.45) is 0 Å². The number of carbonyl (C=O) groups is 1. The third kappa shape index (κ3) is 4.35. The highest BCUT2D eigenvalue weighted by Crippen LogP contribution is 2.18. The van der Waals surface area contributed by atoms with Crippen LogP contribution in [0.2, 0.25) is 0 Å². The Bertz CT molecular complexity index is 994. The monoisotopic (exact) mass is 396 g/mol. The molecule has 0 aliphatic carbocycles. The Kier molecular flexibility index (Phi) is 6.33. The Labute approximate surface area is 169 Å². The minimum absolute atomic E-state index is 0.0834. The lowest BCUT2D eigenvalue weighted by Crippen LogP contribution is -2.23. The van der Waals surface area contributed by atoms with E-state index in [0.717, 1.165) is 30.0 Å². The fraction of sp³-hybridized carbons (Fsp3) is 0.300. The second kappa shape index (κ2) is 8.90. The summed E-state index contributed by atoms with van der Waals surface area (Å²) in [6.07, 6.45) is 3.51.